The summed E-state index contributed by atoms with van der Waals surface area (Å²) in [5, 5.41) is 0.633. The van der Waals surface area contributed by atoms with E-state index < -0.39 is 29.7 Å². The van der Waals surface area contributed by atoms with Crippen molar-refractivity contribution in [3.8, 4) is 10.6 Å². The van der Waals surface area contributed by atoms with Crippen LogP contribution < -0.4 is 0 Å². The van der Waals surface area contributed by atoms with Crippen LogP contribution in [-0.4, -0.2) is 48.4 Å². The van der Waals surface area contributed by atoms with Gasteiger partial charge in [0.15, 0.2) is 5.69 Å². The van der Waals surface area contributed by atoms with Crippen LogP contribution in [-0.2, 0) is 30.2 Å². The third kappa shape index (κ3) is 6.62. The molecule has 0 saturated carbocycles. The van der Waals surface area contributed by atoms with E-state index in [9.17, 15) is 14.4 Å². The van der Waals surface area contributed by atoms with Gasteiger partial charge in [0.2, 0.25) is 0 Å². The number of carbonyl (C=O) groups excluding carboxylic acids is 3. The highest BCUT2D eigenvalue weighted by Gasteiger charge is 2.42. The van der Waals surface area contributed by atoms with Gasteiger partial charge in [-0.05, 0) is 51.8 Å². The molecule has 0 saturated heterocycles. The highest BCUT2D eigenvalue weighted by Crippen LogP contribution is 2.42. The molecule has 41 heavy (non-hydrogen) atoms. The van der Waals surface area contributed by atoms with Crippen molar-refractivity contribution in [3.63, 3.8) is 0 Å². The number of carbonyl (C=O) groups is 3. The number of aromatic nitrogens is 1. The fraction of sp³-hybridized carbons (Fsp3) is 0.344. The Hall–Kier alpha value is -4.11. The minimum absolute atomic E-state index is 0.190. The molecular formula is C32H34N2O6S. The van der Waals surface area contributed by atoms with Crippen LogP contribution in [0.15, 0.2) is 70.9 Å². The molecule has 2 heterocycles. The summed E-state index contributed by atoms with van der Waals surface area (Å²) in [4.78, 5) is 49.3. The van der Waals surface area contributed by atoms with Crippen molar-refractivity contribution >= 4 is 35.0 Å². The minimum atomic E-state index is -0.798. The number of rotatable bonds is 10. The smallest absolute Gasteiger partial charge is 0.358 e. The van der Waals surface area contributed by atoms with E-state index in [2.05, 4.69) is 4.99 Å². The van der Waals surface area contributed by atoms with Gasteiger partial charge in [0.25, 0.3) is 0 Å². The zero-order valence-corrected chi connectivity index (χ0v) is 24.7. The first-order valence-electron chi connectivity index (χ1n) is 13.7. The van der Waals surface area contributed by atoms with E-state index in [0.29, 0.717) is 28.4 Å². The molecule has 0 bridgehead atoms. The summed E-state index contributed by atoms with van der Waals surface area (Å²) in [6.07, 6.45) is 0.532. The second-order valence-corrected chi connectivity index (χ2v) is 10.6. The van der Waals surface area contributed by atoms with Crippen molar-refractivity contribution < 1.29 is 28.6 Å². The summed E-state index contributed by atoms with van der Waals surface area (Å²) in [6, 6.07) is 17.4. The van der Waals surface area contributed by atoms with Gasteiger partial charge in [-0.2, -0.15) is 0 Å². The Bertz CT molecular complexity index is 1490. The van der Waals surface area contributed by atoms with Crippen LogP contribution in [0, 0.1) is 5.92 Å². The minimum Gasteiger partial charge on any atom is -0.465 e. The van der Waals surface area contributed by atoms with Gasteiger partial charge in [-0.3, -0.25) is 9.79 Å². The van der Waals surface area contributed by atoms with E-state index in [4.69, 9.17) is 19.2 Å². The molecule has 1 aliphatic heterocycles. The molecule has 0 fully saturated rings. The summed E-state index contributed by atoms with van der Waals surface area (Å²) >= 11 is 1.42. The predicted molar refractivity (Wildman–Crippen MR) is 158 cm³/mol. The first-order valence-corrected chi connectivity index (χ1v) is 14.5. The van der Waals surface area contributed by atoms with Gasteiger partial charge in [0.05, 0.1) is 25.4 Å². The number of benzene rings is 2. The van der Waals surface area contributed by atoms with E-state index in [0.717, 1.165) is 21.6 Å². The van der Waals surface area contributed by atoms with Crippen molar-refractivity contribution in [1.82, 2.24) is 4.98 Å². The Balaban J connectivity index is 1.82. The Labute approximate surface area is 244 Å². The summed E-state index contributed by atoms with van der Waals surface area (Å²) in [5.74, 6) is -2.91. The maximum absolute atomic E-state index is 13.2. The number of hydrogen-bond acceptors (Lipinski definition) is 9. The molecular weight excluding hydrogens is 540 g/mol. The lowest BCUT2D eigenvalue weighted by Gasteiger charge is -2.31. The lowest BCUT2D eigenvalue weighted by molar-refractivity contribution is -0.146. The number of hydrogen-bond donors (Lipinski definition) is 0. The average Bonchev–Trinajstić information content (AvgIpc) is 3.37. The predicted octanol–water partition coefficient (Wildman–Crippen LogP) is 6.15. The van der Waals surface area contributed by atoms with Gasteiger partial charge < -0.3 is 14.2 Å². The lowest BCUT2D eigenvalue weighted by Crippen LogP contribution is -2.36. The van der Waals surface area contributed by atoms with E-state index in [1.54, 1.807) is 34.6 Å². The van der Waals surface area contributed by atoms with Crippen LogP contribution in [0.1, 0.15) is 67.0 Å². The van der Waals surface area contributed by atoms with Gasteiger partial charge in [0, 0.05) is 34.2 Å². The molecule has 214 valence electrons. The van der Waals surface area contributed by atoms with Crippen LogP contribution in [0.4, 0.5) is 0 Å². The molecule has 1 aromatic heterocycles. The van der Waals surface area contributed by atoms with Crippen LogP contribution in [0.5, 0.6) is 0 Å². The second kappa shape index (κ2) is 13.5. The topological polar surface area (TPSA) is 104 Å². The number of thiazole rings is 1. The Morgan fingerprint density at radius 3 is 2.22 bits per heavy atom. The van der Waals surface area contributed by atoms with Crippen LogP contribution in [0.25, 0.3) is 10.6 Å². The summed E-state index contributed by atoms with van der Waals surface area (Å²) in [5.41, 5.74) is 4.19. The number of allylic oxidation sites excluding steroid dienone is 1. The monoisotopic (exact) mass is 574 g/mol. The largest absolute Gasteiger partial charge is 0.465 e. The molecule has 0 spiro atoms. The number of esters is 3. The Kier molecular flexibility index (Phi) is 9.83. The van der Waals surface area contributed by atoms with E-state index >= 15 is 0 Å². The summed E-state index contributed by atoms with van der Waals surface area (Å²) < 4.78 is 16.1. The standard InChI is InChI=1S/C32H34N2O6S/c1-6-38-30(35)25-19(4)33-20(5)26(31(36)39-7-2)27(25)22-15-12-16-23(18-22)29-34-28(32(37)40-8-3)24(41-29)17-21-13-10-9-11-14-21/h9-16,18,25,27H,6-8,17H2,1-5H3. The van der Waals surface area contributed by atoms with Gasteiger partial charge >= 0.3 is 17.9 Å². The molecule has 9 heteroatoms. The third-order valence-electron chi connectivity index (χ3n) is 6.73. The Morgan fingerprint density at radius 2 is 1.54 bits per heavy atom. The molecule has 0 radical (unpaired) electrons. The highest BCUT2D eigenvalue weighted by atomic mass is 32.1. The van der Waals surface area contributed by atoms with Crippen molar-refractivity contribution in [2.75, 3.05) is 19.8 Å². The molecule has 0 N–H and O–H groups in total. The van der Waals surface area contributed by atoms with Crippen LogP contribution in [0.2, 0.25) is 0 Å². The SMILES string of the molecule is CCOC(=O)C1=C(C)N=C(C)C(C(=O)OCC)C1c1cccc(-c2nc(C(=O)OCC)c(Cc3ccccc3)s2)c1. The Morgan fingerprint density at radius 1 is 0.854 bits per heavy atom. The summed E-state index contributed by atoms with van der Waals surface area (Å²) in [7, 11) is 0. The molecule has 1 aliphatic rings. The van der Waals surface area contributed by atoms with Crippen molar-refractivity contribution in [2.45, 2.75) is 47.0 Å². The molecule has 4 rings (SSSR count). The fourth-order valence-electron chi connectivity index (χ4n) is 5.01. The highest BCUT2D eigenvalue weighted by molar-refractivity contribution is 7.15. The van der Waals surface area contributed by atoms with Gasteiger partial charge in [0.1, 0.15) is 10.9 Å². The lowest BCUT2D eigenvalue weighted by atomic mass is 9.75. The average molecular weight is 575 g/mol. The normalized spacial score (nSPS) is 16.7. The quantitative estimate of drug-likeness (QED) is 0.211. The maximum atomic E-state index is 13.2. The first-order chi connectivity index (χ1) is 19.8. The molecule has 3 aromatic rings. The molecule has 0 aliphatic carbocycles. The van der Waals surface area contributed by atoms with E-state index in [-0.39, 0.29) is 25.5 Å². The van der Waals surface area contributed by atoms with Crippen molar-refractivity contribution in [3.05, 3.63) is 87.6 Å². The van der Waals surface area contributed by atoms with Crippen LogP contribution >= 0.6 is 11.3 Å². The van der Waals surface area contributed by atoms with Crippen molar-refractivity contribution in [2.24, 2.45) is 10.9 Å². The van der Waals surface area contributed by atoms with Crippen molar-refractivity contribution in [1.29, 1.82) is 0 Å². The summed E-state index contributed by atoms with van der Waals surface area (Å²) in [6.45, 7) is 9.39. The third-order valence-corrected chi connectivity index (χ3v) is 7.83. The molecule has 2 aromatic carbocycles. The second-order valence-electron chi connectivity index (χ2n) is 9.48. The van der Waals surface area contributed by atoms with Gasteiger partial charge in [-0.25, -0.2) is 14.6 Å². The van der Waals surface area contributed by atoms with Gasteiger partial charge in [-0.1, -0.05) is 48.5 Å². The maximum Gasteiger partial charge on any atom is 0.358 e. The van der Waals surface area contributed by atoms with E-state index in [1.807, 2.05) is 54.6 Å². The molecule has 2 atom stereocenters. The number of ether oxygens (including phenoxy) is 3. The molecule has 0 amide bonds. The van der Waals surface area contributed by atoms with Crippen LogP contribution in [0.3, 0.4) is 0 Å². The number of aliphatic imine (C=N–C) groups is 1. The molecule has 2 unspecified atom stereocenters. The first kappa shape index (κ1) is 29.9. The zero-order valence-electron chi connectivity index (χ0n) is 23.9. The fourth-order valence-corrected chi connectivity index (χ4v) is 6.09. The zero-order chi connectivity index (χ0) is 29.5. The van der Waals surface area contributed by atoms with Gasteiger partial charge in [-0.15, -0.1) is 11.3 Å². The number of nitrogens with zero attached hydrogens (tertiary/aromatic N) is 2. The van der Waals surface area contributed by atoms with E-state index in [1.165, 1.54) is 11.3 Å². The molecule has 8 nitrogen and oxygen atoms in total.